The van der Waals surface area contributed by atoms with E-state index in [4.69, 9.17) is 5.73 Å². The van der Waals surface area contributed by atoms with Crippen LogP contribution in [0, 0.1) is 13.8 Å². The van der Waals surface area contributed by atoms with E-state index in [0.29, 0.717) is 0 Å². The summed E-state index contributed by atoms with van der Waals surface area (Å²) < 4.78 is 1.44. The molecule has 0 saturated carbocycles. The van der Waals surface area contributed by atoms with Crippen molar-refractivity contribution in [2.24, 2.45) is 0 Å². The van der Waals surface area contributed by atoms with Crippen LogP contribution in [0.25, 0.3) is 60.7 Å². The first-order valence-electron chi connectivity index (χ1n) is 18.9. The molecule has 268 valence electrons. The fraction of sp³-hybridized carbons (Fsp3) is 0.115. The number of hydrogen-bond acceptors (Lipinski definition) is 2. The summed E-state index contributed by atoms with van der Waals surface area (Å²) in [6.07, 6.45) is 6.98. The minimum absolute atomic E-state index is 0.805. The van der Waals surface area contributed by atoms with Crippen molar-refractivity contribution in [1.29, 1.82) is 0 Å². The lowest BCUT2D eigenvalue weighted by Crippen LogP contribution is -1.89. The van der Waals surface area contributed by atoms with Crippen molar-refractivity contribution < 1.29 is 0 Å². The first-order valence-corrected chi connectivity index (χ1v) is 19.8. The minimum atomic E-state index is 0.805. The fourth-order valence-electron chi connectivity index (χ4n) is 6.64. The molecule has 1 aliphatic rings. The molecule has 1 aliphatic carbocycles. The van der Waals surface area contributed by atoms with Crippen LogP contribution in [0.1, 0.15) is 41.8 Å². The lowest BCUT2D eigenvalue weighted by atomic mass is 9.92. The SMILES string of the molecule is CC.Cc1ccc(-c2cccc(-c3cccc(-c4ccccc4)c3)c2)c2c3c(sc12)CCC=C3.Cc1ccccc1.Nc1ccc(-c2ccccc2)cc1. The third kappa shape index (κ3) is 9.33. The summed E-state index contributed by atoms with van der Waals surface area (Å²) in [6, 6.07) is 61.5. The Morgan fingerprint density at radius 3 is 1.54 bits per heavy atom. The van der Waals surface area contributed by atoms with Crippen LogP contribution < -0.4 is 5.73 Å². The Bertz CT molecular complexity index is 2400. The van der Waals surface area contributed by atoms with E-state index >= 15 is 0 Å². The molecule has 1 aromatic heterocycles. The highest BCUT2D eigenvalue weighted by Gasteiger charge is 2.18. The van der Waals surface area contributed by atoms with Crippen molar-refractivity contribution in [2.75, 3.05) is 5.73 Å². The number of rotatable bonds is 4. The number of fused-ring (bicyclic) bond motifs is 3. The van der Waals surface area contributed by atoms with Gasteiger partial charge in [-0.15, -0.1) is 11.3 Å². The first kappa shape index (κ1) is 37.8. The quantitative estimate of drug-likeness (QED) is 0.180. The number of anilines is 1. The Labute approximate surface area is 326 Å². The zero-order valence-electron chi connectivity index (χ0n) is 31.8. The Morgan fingerprint density at radius 1 is 0.481 bits per heavy atom. The molecular weight excluding hydrogens is 671 g/mol. The van der Waals surface area contributed by atoms with Crippen LogP contribution in [-0.4, -0.2) is 0 Å². The number of hydrogen-bond donors (Lipinski definition) is 1. The molecule has 54 heavy (non-hydrogen) atoms. The molecule has 0 atom stereocenters. The van der Waals surface area contributed by atoms with Gasteiger partial charge in [-0.3, -0.25) is 0 Å². The molecule has 0 bridgehead atoms. The predicted molar refractivity (Wildman–Crippen MR) is 239 cm³/mol. The van der Waals surface area contributed by atoms with E-state index in [2.05, 4.69) is 141 Å². The highest BCUT2D eigenvalue weighted by molar-refractivity contribution is 7.19. The topological polar surface area (TPSA) is 26.0 Å². The Morgan fingerprint density at radius 2 is 0.963 bits per heavy atom. The molecule has 9 rings (SSSR count). The van der Waals surface area contributed by atoms with Crippen LogP contribution in [0.4, 0.5) is 5.69 Å². The van der Waals surface area contributed by atoms with Crippen LogP contribution in [0.3, 0.4) is 0 Å². The summed E-state index contributed by atoms with van der Waals surface area (Å²) in [6.45, 7) is 8.32. The molecule has 8 aromatic rings. The van der Waals surface area contributed by atoms with Crippen LogP contribution in [-0.2, 0) is 6.42 Å². The Balaban J connectivity index is 0.000000185. The van der Waals surface area contributed by atoms with E-state index in [1.54, 1.807) is 0 Å². The Kier molecular flexibility index (Phi) is 13.1. The number of nitrogens with two attached hydrogens (primary N) is 1. The molecule has 2 heteroatoms. The highest BCUT2D eigenvalue weighted by atomic mass is 32.1. The smallest absolute Gasteiger partial charge is 0.0387 e. The monoisotopic (exact) mass is 719 g/mol. The first-order chi connectivity index (χ1) is 26.5. The van der Waals surface area contributed by atoms with Crippen molar-refractivity contribution in [3.8, 4) is 44.5 Å². The third-order valence-electron chi connectivity index (χ3n) is 9.41. The van der Waals surface area contributed by atoms with Gasteiger partial charge in [0.25, 0.3) is 0 Å². The second-order valence-corrected chi connectivity index (χ2v) is 14.3. The maximum Gasteiger partial charge on any atom is 0.0387 e. The average Bonchev–Trinajstić information content (AvgIpc) is 3.64. The fourth-order valence-corrected chi connectivity index (χ4v) is 7.93. The molecule has 0 radical (unpaired) electrons. The molecule has 2 N–H and O–H groups in total. The van der Waals surface area contributed by atoms with E-state index in [1.165, 1.54) is 76.2 Å². The summed E-state index contributed by atoms with van der Waals surface area (Å²) in [5.74, 6) is 0. The largest absolute Gasteiger partial charge is 0.399 e. The molecule has 0 unspecified atom stereocenters. The molecular formula is C52H49NS. The number of thiophene rings is 1. The van der Waals surface area contributed by atoms with Crippen molar-refractivity contribution in [2.45, 2.75) is 40.5 Å². The van der Waals surface area contributed by atoms with E-state index < -0.39 is 0 Å². The summed E-state index contributed by atoms with van der Waals surface area (Å²) >= 11 is 1.98. The summed E-state index contributed by atoms with van der Waals surface area (Å²) in [4.78, 5) is 1.53. The molecule has 0 fully saturated rings. The highest BCUT2D eigenvalue weighted by Crippen LogP contribution is 2.43. The lowest BCUT2D eigenvalue weighted by Gasteiger charge is -2.11. The van der Waals surface area contributed by atoms with Gasteiger partial charge in [0, 0.05) is 20.7 Å². The molecule has 1 heterocycles. The van der Waals surface area contributed by atoms with Crippen molar-refractivity contribution in [3.05, 3.63) is 204 Å². The van der Waals surface area contributed by atoms with Gasteiger partial charge in [0.1, 0.15) is 0 Å². The van der Waals surface area contributed by atoms with Gasteiger partial charge in [0.15, 0.2) is 0 Å². The van der Waals surface area contributed by atoms with Crippen LogP contribution in [0.15, 0.2) is 182 Å². The van der Waals surface area contributed by atoms with Crippen LogP contribution >= 0.6 is 11.3 Å². The van der Waals surface area contributed by atoms with Gasteiger partial charge in [-0.25, -0.2) is 0 Å². The number of allylic oxidation sites excluding steroid dienone is 1. The number of benzene rings is 7. The van der Waals surface area contributed by atoms with Crippen LogP contribution in [0.2, 0.25) is 0 Å². The van der Waals surface area contributed by atoms with Gasteiger partial charge >= 0.3 is 0 Å². The van der Waals surface area contributed by atoms with E-state index in [-0.39, 0.29) is 0 Å². The van der Waals surface area contributed by atoms with Crippen molar-refractivity contribution >= 4 is 33.2 Å². The van der Waals surface area contributed by atoms with Gasteiger partial charge in [-0.05, 0) is 107 Å². The maximum absolute atomic E-state index is 5.60. The molecule has 1 nitrogen and oxygen atoms in total. The number of aryl methyl sites for hydroxylation is 3. The molecule has 7 aromatic carbocycles. The summed E-state index contributed by atoms with van der Waals surface area (Å²) in [7, 11) is 0. The minimum Gasteiger partial charge on any atom is -0.399 e. The van der Waals surface area contributed by atoms with E-state index in [1.807, 2.05) is 85.8 Å². The standard InChI is InChI=1S/C31H24S.C12H11N.C7H8.C2H6/c1-21-17-18-27(30-28-15-5-6-16-29(28)32-31(21)30)26-14-8-13-25(20-26)24-12-7-11-23(19-24)22-9-3-2-4-10-22;13-12-8-6-11(7-9-12)10-4-2-1-3-5-10;1-7-5-3-2-4-6-7;1-2/h2-5,7-15,17-20H,6,16H2,1H3;1-9H,13H2;2-6H,1H3;1-2H3. The van der Waals surface area contributed by atoms with E-state index in [0.717, 1.165) is 18.5 Å². The van der Waals surface area contributed by atoms with Crippen molar-refractivity contribution in [1.82, 2.24) is 0 Å². The molecule has 0 aliphatic heterocycles. The average molecular weight is 720 g/mol. The third-order valence-corrected chi connectivity index (χ3v) is 10.8. The second-order valence-electron chi connectivity index (χ2n) is 13.2. The molecule has 0 amide bonds. The van der Waals surface area contributed by atoms with Gasteiger partial charge in [-0.2, -0.15) is 0 Å². The van der Waals surface area contributed by atoms with Gasteiger partial charge in [0.05, 0.1) is 0 Å². The summed E-state index contributed by atoms with van der Waals surface area (Å²) in [5.41, 5.74) is 20.6. The van der Waals surface area contributed by atoms with Gasteiger partial charge < -0.3 is 5.73 Å². The Hall–Kier alpha value is -5.96. The van der Waals surface area contributed by atoms with Gasteiger partial charge in [-0.1, -0.05) is 183 Å². The maximum atomic E-state index is 5.60. The normalized spacial score (nSPS) is 11.2. The van der Waals surface area contributed by atoms with Crippen LogP contribution in [0.5, 0.6) is 0 Å². The zero-order chi connectivity index (χ0) is 37.7. The lowest BCUT2D eigenvalue weighted by molar-refractivity contribution is 1.02. The van der Waals surface area contributed by atoms with E-state index in [9.17, 15) is 0 Å². The molecule has 0 spiro atoms. The summed E-state index contributed by atoms with van der Waals surface area (Å²) in [5, 5.41) is 1.43. The number of nitrogen functional groups attached to an aromatic ring is 1. The predicted octanol–water partition coefficient (Wildman–Crippen LogP) is 15.1. The molecule has 0 saturated heterocycles. The van der Waals surface area contributed by atoms with Crippen molar-refractivity contribution in [3.63, 3.8) is 0 Å². The van der Waals surface area contributed by atoms with Gasteiger partial charge in [0.2, 0.25) is 0 Å². The zero-order valence-corrected chi connectivity index (χ0v) is 32.6. The second kappa shape index (κ2) is 18.7.